The number of nitriles is 2. The molecule has 3 aromatic rings. The predicted molar refractivity (Wildman–Crippen MR) is 116 cm³/mol. The number of halogens is 1. The van der Waals surface area contributed by atoms with Gasteiger partial charge in [-0.3, -0.25) is 9.48 Å². The van der Waals surface area contributed by atoms with Gasteiger partial charge in [0.2, 0.25) is 5.91 Å². The maximum Gasteiger partial charge on any atom is 0.226 e. The Balaban J connectivity index is 1.56. The van der Waals surface area contributed by atoms with Crippen molar-refractivity contribution in [3.05, 3.63) is 58.8 Å². The number of nitrogens with zero attached hydrogens (tertiary/aromatic N) is 6. The van der Waals surface area contributed by atoms with Gasteiger partial charge in [0.1, 0.15) is 11.9 Å². The summed E-state index contributed by atoms with van der Waals surface area (Å²) in [7, 11) is 0. The van der Waals surface area contributed by atoms with E-state index in [1.165, 1.54) is 0 Å². The molecular formula is C22H22ClN7O. The highest BCUT2D eigenvalue weighted by Gasteiger charge is 2.13. The number of carbonyl (C=O) groups excluding carboxylic acids is 1. The van der Waals surface area contributed by atoms with Crippen LogP contribution in [0.25, 0.3) is 11.3 Å². The third-order valence-corrected chi connectivity index (χ3v) is 5.04. The van der Waals surface area contributed by atoms with Gasteiger partial charge >= 0.3 is 0 Å². The number of rotatable bonds is 8. The van der Waals surface area contributed by atoms with Crippen LogP contribution in [0.3, 0.4) is 0 Å². The lowest BCUT2D eigenvalue weighted by molar-refractivity contribution is -0.121. The fourth-order valence-corrected chi connectivity index (χ4v) is 3.48. The van der Waals surface area contributed by atoms with Crippen LogP contribution in [0.4, 0.5) is 0 Å². The van der Waals surface area contributed by atoms with E-state index < -0.39 is 0 Å². The van der Waals surface area contributed by atoms with Crippen molar-refractivity contribution >= 4 is 17.5 Å². The summed E-state index contributed by atoms with van der Waals surface area (Å²) < 4.78 is 3.64. The minimum Gasteiger partial charge on any atom is -0.351 e. The number of aromatic nitrogens is 4. The Morgan fingerprint density at radius 3 is 2.84 bits per heavy atom. The third-order valence-electron chi connectivity index (χ3n) is 4.73. The number of hydrogen-bond acceptors (Lipinski definition) is 5. The first-order chi connectivity index (χ1) is 14.9. The van der Waals surface area contributed by atoms with Gasteiger partial charge in [0.25, 0.3) is 0 Å². The number of imidazole rings is 1. The average Bonchev–Trinajstić information content (AvgIpc) is 3.32. The molecule has 2 heterocycles. The minimum atomic E-state index is -0.133. The van der Waals surface area contributed by atoms with Gasteiger partial charge in [0, 0.05) is 30.5 Å². The van der Waals surface area contributed by atoms with E-state index in [-0.39, 0.29) is 18.4 Å². The Labute approximate surface area is 185 Å². The molecule has 0 aliphatic carbocycles. The monoisotopic (exact) mass is 435 g/mol. The van der Waals surface area contributed by atoms with E-state index in [4.69, 9.17) is 22.1 Å². The number of benzene rings is 1. The summed E-state index contributed by atoms with van der Waals surface area (Å²) in [6.07, 6.45) is 4.24. The van der Waals surface area contributed by atoms with E-state index in [1.54, 1.807) is 22.9 Å². The molecule has 3 rings (SSSR count). The van der Waals surface area contributed by atoms with Crippen molar-refractivity contribution in [1.82, 2.24) is 24.6 Å². The van der Waals surface area contributed by atoms with Crippen molar-refractivity contribution in [1.29, 1.82) is 10.5 Å². The molecule has 0 bridgehead atoms. The summed E-state index contributed by atoms with van der Waals surface area (Å²) in [6.45, 7) is 4.84. The standard InChI is InChI=1S/C22H22ClN7O/c1-15(26-22(31)11-19-14-29(8-3-7-24)16(2)27-19)13-30-9-6-21(28-30)17-4-5-18(12-25)20(23)10-17/h4-6,9-10,14-15H,3,8,11,13H2,1-2H3,(H,26,31)/t15-/m0/s1. The van der Waals surface area contributed by atoms with Crippen molar-refractivity contribution in [3.8, 4) is 23.4 Å². The first-order valence-corrected chi connectivity index (χ1v) is 10.2. The molecule has 0 saturated carbocycles. The van der Waals surface area contributed by atoms with E-state index in [2.05, 4.69) is 21.5 Å². The average molecular weight is 436 g/mol. The van der Waals surface area contributed by atoms with Crippen LogP contribution in [0.15, 0.2) is 36.7 Å². The summed E-state index contributed by atoms with van der Waals surface area (Å²) in [4.78, 5) is 16.8. The molecule has 2 aromatic heterocycles. The third kappa shape index (κ3) is 5.71. The van der Waals surface area contributed by atoms with Crippen LogP contribution < -0.4 is 5.32 Å². The molecule has 0 aliphatic rings. The van der Waals surface area contributed by atoms with Crippen LogP contribution in [-0.4, -0.2) is 31.3 Å². The molecular weight excluding hydrogens is 414 g/mol. The van der Waals surface area contributed by atoms with Gasteiger partial charge in [0.05, 0.1) is 47.4 Å². The van der Waals surface area contributed by atoms with Crippen molar-refractivity contribution < 1.29 is 4.79 Å². The number of aryl methyl sites for hydroxylation is 2. The van der Waals surface area contributed by atoms with Gasteiger partial charge in [0.15, 0.2) is 0 Å². The number of nitrogens with one attached hydrogen (secondary N) is 1. The Morgan fingerprint density at radius 1 is 1.32 bits per heavy atom. The summed E-state index contributed by atoms with van der Waals surface area (Å²) in [5.74, 6) is 0.668. The smallest absolute Gasteiger partial charge is 0.226 e. The number of carbonyl (C=O) groups is 1. The van der Waals surface area contributed by atoms with E-state index in [0.717, 1.165) is 17.1 Å². The van der Waals surface area contributed by atoms with Gasteiger partial charge in [-0.1, -0.05) is 17.7 Å². The second-order valence-electron chi connectivity index (χ2n) is 7.26. The fraction of sp³-hybridized carbons (Fsp3) is 0.318. The maximum absolute atomic E-state index is 12.4. The molecule has 0 radical (unpaired) electrons. The zero-order valence-electron chi connectivity index (χ0n) is 17.3. The van der Waals surface area contributed by atoms with Crippen LogP contribution in [-0.2, 0) is 24.3 Å². The van der Waals surface area contributed by atoms with E-state index in [0.29, 0.717) is 35.8 Å². The molecule has 0 spiro atoms. The van der Waals surface area contributed by atoms with E-state index in [9.17, 15) is 4.79 Å². The van der Waals surface area contributed by atoms with Gasteiger partial charge in [-0.2, -0.15) is 15.6 Å². The SMILES string of the molecule is Cc1nc(CC(=O)N[C@@H](C)Cn2ccc(-c3ccc(C#N)c(Cl)c3)n2)cn1CCC#N. The van der Waals surface area contributed by atoms with Crippen LogP contribution >= 0.6 is 11.6 Å². The Bertz CT molecular complexity index is 1170. The van der Waals surface area contributed by atoms with E-state index in [1.807, 2.05) is 42.9 Å². The molecule has 1 amide bonds. The molecule has 1 aromatic carbocycles. The molecule has 0 aliphatic heterocycles. The molecule has 1 atom stereocenters. The fourth-order valence-electron chi connectivity index (χ4n) is 3.26. The van der Waals surface area contributed by atoms with Gasteiger partial charge < -0.3 is 9.88 Å². The molecule has 0 saturated heterocycles. The zero-order valence-corrected chi connectivity index (χ0v) is 18.1. The quantitative estimate of drug-likeness (QED) is 0.583. The normalized spacial score (nSPS) is 11.5. The Kier molecular flexibility index (Phi) is 7.07. The largest absolute Gasteiger partial charge is 0.351 e. The van der Waals surface area contributed by atoms with Crippen LogP contribution in [0.1, 0.15) is 30.4 Å². The molecule has 158 valence electrons. The molecule has 31 heavy (non-hydrogen) atoms. The summed E-state index contributed by atoms with van der Waals surface area (Å²) in [5, 5.41) is 25.6. The van der Waals surface area contributed by atoms with Crippen molar-refractivity contribution in [3.63, 3.8) is 0 Å². The summed E-state index contributed by atoms with van der Waals surface area (Å²) in [5.41, 5.74) is 2.66. The van der Waals surface area contributed by atoms with Gasteiger partial charge in [-0.15, -0.1) is 0 Å². The Hall–Kier alpha value is -3.62. The van der Waals surface area contributed by atoms with E-state index >= 15 is 0 Å². The molecule has 0 unspecified atom stereocenters. The zero-order chi connectivity index (χ0) is 22.4. The van der Waals surface area contributed by atoms with Crippen molar-refractivity contribution in [2.75, 3.05) is 0 Å². The molecule has 9 heteroatoms. The highest BCUT2D eigenvalue weighted by atomic mass is 35.5. The lowest BCUT2D eigenvalue weighted by Gasteiger charge is -2.13. The first kappa shape index (κ1) is 22.1. The van der Waals surface area contributed by atoms with Crippen LogP contribution in [0, 0.1) is 29.6 Å². The highest BCUT2D eigenvalue weighted by Crippen LogP contribution is 2.24. The highest BCUT2D eigenvalue weighted by molar-refractivity contribution is 6.32. The minimum absolute atomic E-state index is 0.122. The van der Waals surface area contributed by atoms with Gasteiger partial charge in [-0.25, -0.2) is 4.98 Å². The summed E-state index contributed by atoms with van der Waals surface area (Å²) in [6, 6.07) is 11.1. The second-order valence-corrected chi connectivity index (χ2v) is 7.66. The summed E-state index contributed by atoms with van der Waals surface area (Å²) >= 11 is 6.11. The van der Waals surface area contributed by atoms with Crippen molar-refractivity contribution in [2.45, 2.75) is 45.8 Å². The number of hydrogen-bond donors (Lipinski definition) is 1. The second kappa shape index (κ2) is 9.92. The first-order valence-electron chi connectivity index (χ1n) is 9.82. The van der Waals surface area contributed by atoms with Crippen molar-refractivity contribution in [2.24, 2.45) is 0 Å². The lowest BCUT2D eigenvalue weighted by Crippen LogP contribution is -2.36. The maximum atomic E-state index is 12.4. The lowest BCUT2D eigenvalue weighted by atomic mass is 10.1. The molecule has 8 nitrogen and oxygen atoms in total. The predicted octanol–water partition coefficient (Wildman–Crippen LogP) is 3.24. The van der Waals surface area contributed by atoms with Gasteiger partial charge in [-0.05, 0) is 32.0 Å². The Morgan fingerprint density at radius 2 is 2.13 bits per heavy atom. The topological polar surface area (TPSA) is 112 Å². The van der Waals surface area contributed by atoms with Crippen LogP contribution in [0.5, 0.6) is 0 Å². The number of amides is 1. The van der Waals surface area contributed by atoms with Crippen LogP contribution in [0.2, 0.25) is 5.02 Å². The molecule has 0 fully saturated rings. The molecule has 1 N–H and O–H groups in total.